The number of hydrogen-bond acceptors (Lipinski definition) is 2. The van der Waals surface area contributed by atoms with Gasteiger partial charge in [-0.3, -0.25) is 4.98 Å². The van der Waals surface area contributed by atoms with Gasteiger partial charge in [-0.2, -0.15) is 0 Å². The maximum absolute atomic E-state index is 13.3. The molecule has 0 bridgehead atoms. The van der Waals surface area contributed by atoms with Crippen molar-refractivity contribution < 1.29 is 13.9 Å². The Labute approximate surface area is 114 Å². The van der Waals surface area contributed by atoms with Crippen molar-refractivity contribution in [3.63, 3.8) is 0 Å². The molecule has 0 amide bonds. The minimum atomic E-state index is -1.10. The van der Waals surface area contributed by atoms with Crippen LogP contribution in [-0.2, 0) is 0 Å². The van der Waals surface area contributed by atoms with Gasteiger partial charge in [-0.15, -0.1) is 0 Å². The van der Waals surface area contributed by atoms with Crippen LogP contribution in [0.2, 0.25) is 0 Å². The zero-order valence-electron chi connectivity index (χ0n) is 10.4. The van der Waals surface area contributed by atoms with E-state index in [1.54, 1.807) is 12.3 Å². The summed E-state index contributed by atoms with van der Waals surface area (Å²) in [5, 5.41) is 11.1. The maximum Gasteiger partial charge on any atom is 0.126 e. The molecule has 1 atom stereocenters. The Bertz CT molecular complexity index is 748. The number of halogens is 2. The molecule has 20 heavy (non-hydrogen) atoms. The second-order valence-electron chi connectivity index (χ2n) is 4.52. The quantitative estimate of drug-likeness (QED) is 0.772. The Kier molecular flexibility index (Phi) is 3.16. The van der Waals surface area contributed by atoms with Crippen LogP contribution in [0.1, 0.15) is 17.2 Å². The highest BCUT2D eigenvalue weighted by Gasteiger charge is 2.15. The van der Waals surface area contributed by atoms with Crippen molar-refractivity contribution in [2.45, 2.75) is 6.10 Å². The molecule has 1 heterocycles. The van der Waals surface area contributed by atoms with E-state index in [-0.39, 0.29) is 5.56 Å². The van der Waals surface area contributed by atoms with Gasteiger partial charge in [0.2, 0.25) is 0 Å². The van der Waals surface area contributed by atoms with Gasteiger partial charge in [-0.1, -0.05) is 18.2 Å². The molecule has 100 valence electrons. The predicted octanol–water partition coefficient (Wildman–Crippen LogP) is 3.59. The van der Waals surface area contributed by atoms with Crippen LogP contribution in [0, 0.1) is 11.6 Å². The normalized spacial score (nSPS) is 12.6. The summed E-state index contributed by atoms with van der Waals surface area (Å²) < 4.78 is 26.5. The lowest BCUT2D eigenvalue weighted by molar-refractivity contribution is 0.220. The summed E-state index contributed by atoms with van der Waals surface area (Å²) in [6.45, 7) is 0. The number of benzene rings is 2. The van der Waals surface area contributed by atoms with E-state index in [2.05, 4.69) is 4.98 Å². The monoisotopic (exact) mass is 271 g/mol. The van der Waals surface area contributed by atoms with E-state index in [9.17, 15) is 13.9 Å². The highest BCUT2D eigenvalue weighted by molar-refractivity contribution is 5.82. The number of aromatic nitrogens is 1. The summed E-state index contributed by atoms with van der Waals surface area (Å²) in [7, 11) is 0. The van der Waals surface area contributed by atoms with E-state index in [0.717, 1.165) is 29.1 Å². The standard InChI is InChI=1S/C16H11F2NO/c17-11-7-10(8-12(18)9-11)16(20)14-5-6-19-15-4-2-1-3-13(14)15/h1-9,16,20H. The first-order valence-electron chi connectivity index (χ1n) is 6.13. The highest BCUT2D eigenvalue weighted by atomic mass is 19.1. The van der Waals surface area contributed by atoms with Crippen LogP contribution < -0.4 is 0 Å². The van der Waals surface area contributed by atoms with Crippen LogP contribution >= 0.6 is 0 Å². The first kappa shape index (κ1) is 12.7. The number of nitrogens with zero attached hydrogens (tertiary/aromatic N) is 1. The molecule has 1 unspecified atom stereocenters. The van der Waals surface area contributed by atoms with Gasteiger partial charge in [0.15, 0.2) is 0 Å². The maximum atomic E-state index is 13.3. The summed E-state index contributed by atoms with van der Waals surface area (Å²) in [6.07, 6.45) is 0.462. The topological polar surface area (TPSA) is 33.1 Å². The van der Waals surface area contributed by atoms with Crippen molar-refractivity contribution in [3.05, 3.63) is 77.5 Å². The molecular weight excluding hydrogens is 260 g/mol. The molecule has 0 aliphatic carbocycles. The molecule has 2 aromatic carbocycles. The van der Waals surface area contributed by atoms with E-state index in [1.807, 2.05) is 24.3 Å². The summed E-state index contributed by atoms with van der Waals surface area (Å²) in [6, 6.07) is 12.0. The Balaban J connectivity index is 2.15. The Morgan fingerprint density at radius 3 is 2.40 bits per heavy atom. The summed E-state index contributed by atoms with van der Waals surface area (Å²) in [4.78, 5) is 4.19. The van der Waals surface area contributed by atoms with Crippen LogP contribution in [0.3, 0.4) is 0 Å². The van der Waals surface area contributed by atoms with Gasteiger partial charge in [0.25, 0.3) is 0 Å². The van der Waals surface area contributed by atoms with Gasteiger partial charge >= 0.3 is 0 Å². The van der Waals surface area contributed by atoms with Crippen LogP contribution in [0.25, 0.3) is 10.9 Å². The summed E-state index contributed by atoms with van der Waals surface area (Å²) >= 11 is 0. The molecule has 1 N–H and O–H groups in total. The van der Waals surface area contributed by atoms with Gasteiger partial charge in [-0.05, 0) is 35.4 Å². The van der Waals surface area contributed by atoms with E-state index < -0.39 is 17.7 Å². The van der Waals surface area contributed by atoms with Gasteiger partial charge in [-0.25, -0.2) is 8.78 Å². The second-order valence-corrected chi connectivity index (χ2v) is 4.52. The fourth-order valence-corrected chi connectivity index (χ4v) is 2.27. The van der Waals surface area contributed by atoms with Crippen molar-refractivity contribution in [2.75, 3.05) is 0 Å². The smallest absolute Gasteiger partial charge is 0.126 e. The van der Waals surface area contributed by atoms with Crippen molar-refractivity contribution in [3.8, 4) is 0 Å². The first-order valence-corrected chi connectivity index (χ1v) is 6.13. The van der Waals surface area contributed by atoms with Crippen LogP contribution in [0.15, 0.2) is 54.7 Å². The zero-order valence-corrected chi connectivity index (χ0v) is 10.4. The lowest BCUT2D eigenvalue weighted by atomic mass is 9.98. The largest absolute Gasteiger partial charge is 0.384 e. The van der Waals surface area contributed by atoms with Crippen LogP contribution in [0.5, 0.6) is 0 Å². The number of aliphatic hydroxyl groups excluding tert-OH is 1. The molecule has 0 radical (unpaired) electrons. The summed E-state index contributed by atoms with van der Waals surface area (Å²) in [5.41, 5.74) is 1.47. The third kappa shape index (κ3) is 2.26. The first-order chi connectivity index (χ1) is 9.65. The van der Waals surface area contributed by atoms with Crippen LogP contribution in [-0.4, -0.2) is 10.1 Å². The van der Waals surface area contributed by atoms with Crippen LogP contribution in [0.4, 0.5) is 8.78 Å². The SMILES string of the molecule is OC(c1cc(F)cc(F)c1)c1ccnc2ccccc12. The van der Waals surface area contributed by atoms with Crippen molar-refractivity contribution in [2.24, 2.45) is 0 Å². The zero-order chi connectivity index (χ0) is 14.1. The molecule has 1 aromatic heterocycles. The fourth-order valence-electron chi connectivity index (χ4n) is 2.27. The van der Waals surface area contributed by atoms with E-state index in [4.69, 9.17) is 0 Å². The molecule has 0 aliphatic heterocycles. The number of rotatable bonds is 2. The predicted molar refractivity (Wildman–Crippen MR) is 72.2 cm³/mol. The van der Waals surface area contributed by atoms with E-state index in [1.165, 1.54) is 0 Å². The Hall–Kier alpha value is -2.33. The van der Waals surface area contributed by atoms with E-state index in [0.29, 0.717) is 5.56 Å². The highest BCUT2D eigenvalue weighted by Crippen LogP contribution is 2.28. The van der Waals surface area contributed by atoms with Gasteiger partial charge in [0, 0.05) is 17.6 Å². The Morgan fingerprint density at radius 1 is 0.950 bits per heavy atom. The molecule has 0 spiro atoms. The lowest BCUT2D eigenvalue weighted by Gasteiger charge is -2.14. The fraction of sp³-hybridized carbons (Fsp3) is 0.0625. The van der Waals surface area contributed by atoms with Gasteiger partial charge < -0.3 is 5.11 Å². The molecule has 0 aliphatic rings. The van der Waals surface area contributed by atoms with Gasteiger partial charge in [0.05, 0.1) is 5.52 Å². The molecular formula is C16H11F2NO. The third-order valence-electron chi connectivity index (χ3n) is 3.18. The average molecular weight is 271 g/mol. The molecule has 3 rings (SSSR count). The number of fused-ring (bicyclic) bond motifs is 1. The van der Waals surface area contributed by atoms with Crippen molar-refractivity contribution >= 4 is 10.9 Å². The number of aliphatic hydroxyl groups is 1. The second kappa shape index (κ2) is 4.98. The summed E-state index contributed by atoms with van der Waals surface area (Å²) in [5.74, 6) is -1.42. The lowest BCUT2D eigenvalue weighted by Crippen LogP contribution is -2.02. The van der Waals surface area contributed by atoms with Crippen molar-refractivity contribution in [1.29, 1.82) is 0 Å². The molecule has 3 aromatic rings. The number of para-hydroxylation sites is 1. The van der Waals surface area contributed by atoms with Crippen molar-refractivity contribution in [1.82, 2.24) is 4.98 Å². The molecule has 4 heteroatoms. The molecule has 0 saturated carbocycles. The Morgan fingerprint density at radius 2 is 1.65 bits per heavy atom. The minimum absolute atomic E-state index is 0.179. The molecule has 0 saturated heterocycles. The average Bonchev–Trinajstić information content (AvgIpc) is 2.45. The molecule has 0 fully saturated rings. The van der Waals surface area contributed by atoms with Gasteiger partial charge in [0.1, 0.15) is 17.7 Å². The number of hydrogen-bond donors (Lipinski definition) is 1. The van der Waals surface area contributed by atoms with E-state index >= 15 is 0 Å². The number of pyridine rings is 1. The third-order valence-corrected chi connectivity index (χ3v) is 3.18. The minimum Gasteiger partial charge on any atom is -0.384 e. The molecule has 2 nitrogen and oxygen atoms in total.